The highest BCUT2D eigenvalue weighted by Crippen LogP contribution is 2.30. The fraction of sp³-hybridized carbons (Fsp3) is 0.261. The van der Waals surface area contributed by atoms with Crippen molar-refractivity contribution in [3.63, 3.8) is 0 Å². The largest absolute Gasteiger partial charge is 0.493 e. The molecule has 4 rings (SSSR count). The molecule has 0 aliphatic carbocycles. The second kappa shape index (κ2) is 9.44. The van der Waals surface area contributed by atoms with Crippen molar-refractivity contribution in [2.45, 2.75) is 0 Å². The molecule has 0 aromatic heterocycles. The standard InChI is InChI=1S/C23H22N2O6/c1-28-20-14-16(7-8-19(20)30-15-21(26)25-9-11-29-12-10-25)13-18-23(27)31-22(24-18)17-5-3-2-4-6-17/h2-8,13-14H,9-12,15H2,1H3. The maximum atomic E-state index is 12.3. The third kappa shape index (κ3) is 4.92. The van der Waals surface area contributed by atoms with Gasteiger partial charge in [-0.1, -0.05) is 24.3 Å². The maximum Gasteiger partial charge on any atom is 0.363 e. The van der Waals surface area contributed by atoms with Crippen molar-refractivity contribution in [3.05, 3.63) is 65.4 Å². The van der Waals surface area contributed by atoms with Crippen LogP contribution in [-0.4, -0.2) is 62.7 Å². The topological polar surface area (TPSA) is 86.7 Å². The summed E-state index contributed by atoms with van der Waals surface area (Å²) in [5, 5.41) is 0. The zero-order valence-corrected chi connectivity index (χ0v) is 17.1. The van der Waals surface area contributed by atoms with Gasteiger partial charge < -0.3 is 23.8 Å². The average molecular weight is 422 g/mol. The Morgan fingerprint density at radius 1 is 1.13 bits per heavy atom. The molecule has 8 nitrogen and oxygen atoms in total. The minimum absolute atomic E-state index is 0.0894. The van der Waals surface area contributed by atoms with E-state index < -0.39 is 5.97 Å². The molecule has 1 amide bonds. The number of aliphatic imine (C=N–C) groups is 1. The van der Waals surface area contributed by atoms with E-state index in [-0.39, 0.29) is 24.1 Å². The Balaban J connectivity index is 1.47. The summed E-state index contributed by atoms with van der Waals surface area (Å²) >= 11 is 0. The van der Waals surface area contributed by atoms with Crippen LogP contribution in [0.25, 0.3) is 6.08 Å². The summed E-state index contributed by atoms with van der Waals surface area (Å²) < 4.78 is 21.6. The van der Waals surface area contributed by atoms with Gasteiger partial charge in [-0.3, -0.25) is 4.79 Å². The van der Waals surface area contributed by atoms with Gasteiger partial charge in [0, 0.05) is 18.7 Å². The van der Waals surface area contributed by atoms with E-state index in [9.17, 15) is 9.59 Å². The molecule has 0 N–H and O–H groups in total. The molecule has 2 aliphatic heterocycles. The van der Waals surface area contributed by atoms with Crippen LogP contribution in [0.4, 0.5) is 0 Å². The van der Waals surface area contributed by atoms with Crippen LogP contribution in [0, 0.1) is 0 Å². The number of hydrogen-bond acceptors (Lipinski definition) is 7. The van der Waals surface area contributed by atoms with Crippen LogP contribution in [0.3, 0.4) is 0 Å². The molecule has 0 radical (unpaired) electrons. The molecule has 2 aliphatic rings. The van der Waals surface area contributed by atoms with E-state index in [1.165, 1.54) is 7.11 Å². The highest BCUT2D eigenvalue weighted by molar-refractivity contribution is 6.12. The van der Waals surface area contributed by atoms with Crippen molar-refractivity contribution in [1.82, 2.24) is 4.90 Å². The first-order chi connectivity index (χ1) is 15.1. The number of rotatable bonds is 6. The molecule has 0 bridgehead atoms. The fourth-order valence-corrected chi connectivity index (χ4v) is 3.21. The van der Waals surface area contributed by atoms with E-state index in [4.69, 9.17) is 18.9 Å². The van der Waals surface area contributed by atoms with Crippen LogP contribution in [0.5, 0.6) is 11.5 Å². The van der Waals surface area contributed by atoms with E-state index in [1.54, 1.807) is 29.2 Å². The average Bonchev–Trinajstić information content (AvgIpc) is 3.19. The van der Waals surface area contributed by atoms with Gasteiger partial charge in [0.15, 0.2) is 23.8 Å². The first kappa shape index (κ1) is 20.6. The van der Waals surface area contributed by atoms with E-state index in [0.29, 0.717) is 43.4 Å². The van der Waals surface area contributed by atoms with Gasteiger partial charge in [-0.2, -0.15) is 0 Å². The lowest BCUT2D eigenvalue weighted by molar-refractivity contribution is -0.137. The van der Waals surface area contributed by atoms with E-state index in [1.807, 2.05) is 30.3 Å². The fourth-order valence-electron chi connectivity index (χ4n) is 3.21. The summed E-state index contributed by atoms with van der Waals surface area (Å²) in [4.78, 5) is 30.5. The smallest absolute Gasteiger partial charge is 0.363 e. The third-order valence-corrected chi connectivity index (χ3v) is 4.85. The van der Waals surface area contributed by atoms with Gasteiger partial charge in [-0.05, 0) is 35.9 Å². The van der Waals surface area contributed by atoms with Gasteiger partial charge in [0.25, 0.3) is 5.91 Å². The molecule has 1 saturated heterocycles. The number of cyclic esters (lactones) is 1. The molecule has 160 valence electrons. The zero-order chi connectivity index (χ0) is 21.6. The van der Waals surface area contributed by atoms with Crippen molar-refractivity contribution >= 4 is 23.9 Å². The molecule has 0 saturated carbocycles. The van der Waals surface area contributed by atoms with Crippen LogP contribution in [0.2, 0.25) is 0 Å². The number of ether oxygens (including phenoxy) is 4. The Morgan fingerprint density at radius 3 is 2.65 bits per heavy atom. The summed E-state index contributed by atoms with van der Waals surface area (Å²) in [6, 6.07) is 14.4. The van der Waals surface area contributed by atoms with Gasteiger partial charge in [0.05, 0.1) is 20.3 Å². The second-order valence-corrected chi connectivity index (χ2v) is 6.89. The number of amides is 1. The summed E-state index contributed by atoms with van der Waals surface area (Å²) in [6.45, 7) is 2.11. The molecule has 1 fully saturated rings. The first-order valence-corrected chi connectivity index (χ1v) is 9.88. The second-order valence-electron chi connectivity index (χ2n) is 6.89. The predicted octanol–water partition coefficient (Wildman–Crippen LogP) is 2.28. The highest BCUT2D eigenvalue weighted by Gasteiger charge is 2.24. The number of carbonyl (C=O) groups is 2. The SMILES string of the molecule is COc1cc(C=C2N=C(c3ccccc3)OC2=O)ccc1OCC(=O)N1CCOCC1. The summed E-state index contributed by atoms with van der Waals surface area (Å²) in [6.07, 6.45) is 1.61. The number of hydrogen-bond donors (Lipinski definition) is 0. The van der Waals surface area contributed by atoms with Crippen molar-refractivity contribution in [2.24, 2.45) is 4.99 Å². The monoisotopic (exact) mass is 422 g/mol. The summed E-state index contributed by atoms with van der Waals surface area (Å²) in [7, 11) is 1.51. The number of carbonyl (C=O) groups excluding carboxylic acids is 2. The van der Waals surface area contributed by atoms with Crippen LogP contribution < -0.4 is 9.47 Å². The van der Waals surface area contributed by atoms with Crippen LogP contribution in [0.15, 0.2) is 59.2 Å². The molecule has 0 atom stereocenters. The Kier molecular flexibility index (Phi) is 6.28. The van der Waals surface area contributed by atoms with Crippen LogP contribution in [-0.2, 0) is 19.1 Å². The normalized spacial score (nSPS) is 17.3. The van der Waals surface area contributed by atoms with E-state index >= 15 is 0 Å². The molecule has 31 heavy (non-hydrogen) atoms. The van der Waals surface area contributed by atoms with E-state index in [2.05, 4.69) is 4.99 Å². The minimum atomic E-state index is -0.519. The number of nitrogens with zero attached hydrogens (tertiary/aromatic N) is 2. The van der Waals surface area contributed by atoms with Crippen molar-refractivity contribution in [1.29, 1.82) is 0 Å². The molecule has 8 heteroatoms. The number of esters is 1. The van der Waals surface area contributed by atoms with Gasteiger partial charge in [-0.25, -0.2) is 9.79 Å². The molecule has 2 aromatic carbocycles. The Bertz CT molecular complexity index is 1030. The quantitative estimate of drug-likeness (QED) is 0.524. The molecule has 0 unspecified atom stereocenters. The summed E-state index contributed by atoms with van der Waals surface area (Å²) in [5.74, 6) is 0.532. The summed E-state index contributed by atoms with van der Waals surface area (Å²) in [5.41, 5.74) is 1.61. The molecule has 2 heterocycles. The van der Waals surface area contributed by atoms with E-state index in [0.717, 1.165) is 5.56 Å². The van der Waals surface area contributed by atoms with Crippen molar-refractivity contribution < 1.29 is 28.5 Å². The molecule has 0 spiro atoms. The first-order valence-electron chi connectivity index (χ1n) is 9.88. The van der Waals surface area contributed by atoms with Crippen LogP contribution in [0.1, 0.15) is 11.1 Å². The van der Waals surface area contributed by atoms with Crippen molar-refractivity contribution in [3.8, 4) is 11.5 Å². The Labute approximate surface area is 179 Å². The van der Waals surface area contributed by atoms with Gasteiger partial charge in [0.2, 0.25) is 5.90 Å². The lowest BCUT2D eigenvalue weighted by Gasteiger charge is -2.26. The molecular formula is C23H22N2O6. The number of methoxy groups -OCH3 is 1. The van der Waals surface area contributed by atoms with Gasteiger partial charge in [0.1, 0.15) is 0 Å². The number of morpholine rings is 1. The zero-order valence-electron chi connectivity index (χ0n) is 17.1. The van der Waals surface area contributed by atoms with Gasteiger partial charge >= 0.3 is 5.97 Å². The highest BCUT2D eigenvalue weighted by atomic mass is 16.6. The lowest BCUT2D eigenvalue weighted by atomic mass is 10.1. The van der Waals surface area contributed by atoms with Crippen molar-refractivity contribution in [2.75, 3.05) is 40.0 Å². The van der Waals surface area contributed by atoms with Gasteiger partial charge in [-0.15, -0.1) is 0 Å². The maximum absolute atomic E-state index is 12.3. The molecule has 2 aromatic rings. The third-order valence-electron chi connectivity index (χ3n) is 4.85. The Morgan fingerprint density at radius 2 is 1.90 bits per heavy atom. The minimum Gasteiger partial charge on any atom is -0.493 e. The Hall–Kier alpha value is -3.65. The van der Waals surface area contributed by atoms with Crippen LogP contribution >= 0.6 is 0 Å². The lowest BCUT2D eigenvalue weighted by Crippen LogP contribution is -2.43. The number of benzene rings is 2. The molecular weight excluding hydrogens is 400 g/mol. The predicted molar refractivity (Wildman–Crippen MR) is 113 cm³/mol.